The number of aromatic amines is 1. The summed E-state index contributed by atoms with van der Waals surface area (Å²) in [4.78, 5) is 58.3. The van der Waals surface area contributed by atoms with Crippen molar-refractivity contribution < 1.29 is 29.4 Å². The number of carbonyl (C=O) groups is 4. The highest BCUT2D eigenvalue weighted by Crippen LogP contribution is 2.12. The minimum Gasteiger partial charge on any atom is -0.508 e. The zero-order valence-corrected chi connectivity index (χ0v) is 22.9. The van der Waals surface area contributed by atoms with E-state index in [4.69, 9.17) is 5.73 Å². The summed E-state index contributed by atoms with van der Waals surface area (Å²) in [6.45, 7) is 3.47. The molecule has 1 aromatic heterocycles. The van der Waals surface area contributed by atoms with Crippen LogP contribution in [0.3, 0.4) is 0 Å². The molecule has 12 nitrogen and oxygen atoms in total. The second kappa shape index (κ2) is 14.6. The summed E-state index contributed by atoms with van der Waals surface area (Å²) in [5, 5.41) is 27.1. The molecule has 3 aromatic rings. The smallest absolute Gasteiger partial charge is 0.326 e. The molecule has 4 unspecified atom stereocenters. The Hall–Kier alpha value is -4.71. The predicted molar refractivity (Wildman–Crippen MR) is 150 cm³/mol. The molecule has 41 heavy (non-hydrogen) atoms. The second-order valence-electron chi connectivity index (χ2n) is 10.1. The third-order valence-corrected chi connectivity index (χ3v) is 6.48. The van der Waals surface area contributed by atoms with Crippen LogP contribution in [0.25, 0.3) is 0 Å². The molecule has 0 aliphatic carbocycles. The average Bonchev–Trinajstić information content (AvgIpc) is 3.45. The van der Waals surface area contributed by atoms with E-state index in [1.807, 2.05) is 0 Å². The number of aliphatic carboxylic acids is 1. The Morgan fingerprint density at radius 3 is 2.05 bits per heavy atom. The Balaban J connectivity index is 1.71. The molecule has 1 heterocycles. The summed E-state index contributed by atoms with van der Waals surface area (Å²) < 4.78 is 0. The van der Waals surface area contributed by atoms with Crippen molar-refractivity contribution in [3.8, 4) is 5.75 Å². The Bertz CT molecular complexity index is 1300. The number of nitrogens with zero attached hydrogens (tertiary/aromatic N) is 1. The normalized spacial score (nSPS) is 14.0. The molecule has 0 saturated heterocycles. The molecule has 0 spiro atoms. The number of phenols is 1. The fourth-order valence-electron chi connectivity index (χ4n) is 4.18. The molecule has 0 saturated carbocycles. The van der Waals surface area contributed by atoms with Gasteiger partial charge in [-0.1, -0.05) is 56.3 Å². The number of rotatable bonds is 14. The van der Waals surface area contributed by atoms with Crippen LogP contribution in [0.2, 0.25) is 0 Å². The lowest BCUT2D eigenvalue weighted by molar-refractivity contribution is -0.142. The molecule has 4 atom stereocenters. The largest absolute Gasteiger partial charge is 0.508 e. The zero-order valence-electron chi connectivity index (χ0n) is 22.9. The molecule has 3 amide bonds. The van der Waals surface area contributed by atoms with Gasteiger partial charge in [0.1, 0.15) is 23.9 Å². The number of carbonyl (C=O) groups excluding carboxylic acids is 3. The minimum atomic E-state index is -1.23. The maximum Gasteiger partial charge on any atom is 0.326 e. The number of carboxylic acid groups (broad SMARTS) is 1. The van der Waals surface area contributed by atoms with Gasteiger partial charge in [0, 0.05) is 24.7 Å². The number of benzene rings is 2. The van der Waals surface area contributed by atoms with Crippen molar-refractivity contribution in [3.05, 3.63) is 83.9 Å². The third-order valence-electron chi connectivity index (χ3n) is 6.48. The van der Waals surface area contributed by atoms with Gasteiger partial charge in [0.05, 0.1) is 12.4 Å². The van der Waals surface area contributed by atoms with E-state index in [1.54, 1.807) is 56.3 Å². The van der Waals surface area contributed by atoms with Gasteiger partial charge in [-0.25, -0.2) is 9.78 Å². The maximum absolute atomic E-state index is 13.4. The van der Waals surface area contributed by atoms with Gasteiger partial charge in [-0.15, -0.1) is 0 Å². The van der Waals surface area contributed by atoms with Gasteiger partial charge in [-0.05, 0) is 35.6 Å². The van der Waals surface area contributed by atoms with E-state index in [-0.39, 0.29) is 30.9 Å². The number of imidazole rings is 1. The highest BCUT2D eigenvalue weighted by molar-refractivity contribution is 5.94. The van der Waals surface area contributed by atoms with Crippen LogP contribution in [-0.4, -0.2) is 68.0 Å². The summed E-state index contributed by atoms with van der Waals surface area (Å²) in [6, 6.07) is 10.8. The van der Waals surface area contributed by atoms with Crippen LogP contribution in [0, 0.1) is 5.92 Å². The first kappa shape index (κ1) is 30.8. The molecule has 8 N–H and O–H groups in total. The molecule has 3 rings (SSSR count). The summed E-state index contributed by atoms with van der Waals surface area (Å²) in [6.07, 6.45) is 3.16. The first-order valence-electron chi connectivity index (χ1n) is 13.2. The molecular formula is C29H36N6O6. The number of nitrogens with one attached hydrogen (secondary N) is 4. The van der Waals surface area contributed by atoms with Gasteiger partial charge >= 0.3 is 5.97 Å². The molecule has 218 valence electrons. The quantitative estimate of drug-likeness (QED) is 0.148. The van der Waals surface area contributed by atoms with Crippen LogP contribution in [-0.2, 0) is 38.4 Å². The number of nitrogens with two attached hydrogens (primary N) is 1. The lowest BCUT2D eigenvalue weighted by Crippen LogP contribution is -2.59. The summed E-state index contributed by atoms with van der Waals surface area (Å²) >= 11 is 0. The molecule has 2 aromatic carbocycles. The average molecular weight is 565 g/mol. The zero-order chi connectivity index (χ0) is 29.9. The van der Waals surface area contributed by atoms with Crippen molar-refractivity contribution in [3.63, 3.8) is 0 Å². The fourth-order valence-corrected chi connectivity index (χ4v) is 4.18. The van der Waals surface area contributed by atoms with Gasteiger partial charge in [0.15, 0.2) is 0 Å². The van der Waals surface area contributed by atoms with E-state index < -0.39 is 47.9 Å². The highest BCUT2D eigenvalue weighted by Gasteiger charge is 2.32. The van der Waals surface area contributed by atoms with Gasteiger partial charge in [0.25, 0.3) is 0 Å². The highest BCUT2D eigenvalue weighted by atomic mass is 16.4. The van der Waals surface area contributed by atoms with Crippen LogP contribution in [0.15, 0.2) is 67.1 Å². The van der Waals surface area contributed by atoms with E-state index in [0.717, 1.165) is 11.1 Å². The van der Waals surface area contributed by atoms with Crippen molar-refractivity contribution in [2.75, 3.05) is 0 Å². The topological polar surface area (TPSA) is 200 Å². The number of hydrogen-bond acceptors (Lipinski definition) is 7. The van der Waals surface area contributed by atoms with Crippen LogP contribution in [0.4, 0.5) is 0 Å². The lowest BCUT2D eigenvalue weighted by Gasteiger charge is -2.27. The van der Waals surface area contributed by atoms with E-state index in [2.05, 4.69) is 25.9 Å². The Kier molecular flexibility index (Phi) is 11.0. The van der Waals surface area contributed by atoms with E-state index in [0.29, 0.717) is 5.69 Å². The van der Waals surface area contributed by atoms with Crippen molar-refractivity contribution in [1.82, 2.24) is 25.9 Å². The summed E-state index contributed by atoms with van der Waals surface area (Å²) in [5.41, 5.74) is 8.08. The number of aromatic nitrogens is 2. The molecule has 0 radical (unpaired) electrons. The van der Waals surface area contributed by atoms with Crippen molar-refractivity contribution in [1.29, 1.82) is 0 Å². The van der Waals surface area contributed by atoms with Crippen molar-refractivity contribution in [2.24, 2.45) is 11.7 Å². The van der Waals surface area contributed by atoms with Crippen LogP contribution < -0.4 is 21.7 Å². The Morgan fingerprint density at radius 2 is 1.46 bits per heavy atom. The third kappa shape index (κ3) is 9.46. The van der Waals surface area contributed by atoms with E-state index >= 15 is 0 Å². The number of phenolic OH excluding ortho intramolecular Hbond substituents is 1. The van der Waals surface area contributed by atoms with Crippen molar-refractivity contribution >= 4 is 23.7 Å². The fraction of sp³-hybridized carbons (Fsp3) is 0.345. The summed E-state index contributed by atoms with van der Waals surface area (Å²) in [5.74, 6) is -3.37. The van der Waals surface area contributed by atoms with Gasteiger partial charge in [-0.2, -0.15) is 0 Å². The van der Waals surface area contributed by atoms with Crippen LogP contribution >= 0.6 is 0 Å². The Morgan fingerprint density at radius 1 is 0.829 bits per heavy atom. The van der Waals surface area contributed by atoms with Crippen molar-refractivity contribution in [2.45, 2.75) is 57.3 Å². The lowest BCUT2D eigenvalue weighted by atomic mass is 10.00. The molecule has 0 bridgehead atoms. The van der Waals surface area contributed by atoms with E-state index in [9.17, 15) is 29.4 Å². The summed E-state index contributed by atoms with van der Waals surface area (Å²) in [7, 11) is 0. The van der Waals surface area contributed by atoms with E-state index in [1.165, 1.54) is 24.7 Å². The second-order valence-corrected chi connectivity index (χ2v) is 10.1. The first-order chi connectivity index (χ1) is 19.5. The number of hydrogen-bond donors (Lipinski definition) is 7. The molecule has 0 aliphatic heterocycles. The molecule has 0 fully saturated rings. The predicted octanol–water partition coefficient (Wildman–Crippen LogP) is 0.666. The number of H-pyrrole nitrogens is 1. The number of aromatic hydroxyl groups is 1. The Labute approximate surface area is 237 Å². The SMILES string of the molecule is CC(C)C(NC(=O)C(N)Cc1ccc(O)cc1)C(=O)NC(Cc1cnc[nH]1)C(=O)NC(Cc1ccccc1)C(=O)O. The van der Waals surface area contributed by atoms with Gasteiger partial charge in [0.2, 0.25) is 17.7 Å². The molecule has 12 heteroatoms. The van der Waals surface area contributed by atoms with Crippen LogP contribution in [0.1, 0.15) is 30.7 Å². The standard InChI is InChI=1S/C29H36N6O6/c1-17(2)25(35-26(37)22(30)12-19-8-10-21(36)11-9-19)28(39)33-23(14-20-15-31-16-32-20)27(38)34-24(29(40)41)13-18-6-4-3-5-7-18/h3-11,15-17,22-25,36H,12-14,30H2,1-2H3,(H,31,32)(H,33,39)(H,34,38)(H,35,37)(H,40,41). The number of amides is 3. The molecule has 0 aliphatic rings. The maximum atomic E-state index is 13.4. The van der Waals surface area contributed by atoms with Gasteiger partial charge < -0.3 is 36.9 Å². The van der Waals surface area contributed by atoms with Crippen LogP contribution in [0.5, 0.6) is 5.75 Å². The van der Waals surface area contributed by atoms with Gasteiger partial charge in [-0.3, -0.25) is 14.4 Å². The minimum absolute atomic E-state index is 0.00831. The monoisotopic (exact) mass is 564 g/mol. The number of carboxylic acids is 1. The molecular weight excluding hydrogens is 528 g/mol. The first-order valence-corrected chi connectivity index (χ1v) is 13.2.